The number of anilines is 1. The van der Waals surface area contributed by atoms with Gasteiger partial charge in [-0.05, 0) is 43.2 Å². The fourth-order valence-electron chi connectivity index (χ4n) is 2.40. The minimum Gasteiger partial charge on any atom is -0.409 e. The van der Waals surface area contributed by atoms with Gasteiger partial charge in [0, 0.05) is 31.0 Å². The van der Waals surface area contributed by atoms with Crippen LogP contribution in [0.4, 0.5) is 5.69 Å². The number of oxime groups is 1. The predicted octanol–water partition coefficient (Wildman–Crippen LogP) is 2.51. The van der Waals surface area contributed by atoms with Gasteiger partial charge < -0.3 is 15.8 Å². The van der Waals surface area contributed by atoms with Gasteiger partial charge in [-0.15, -0.1) is 0 Å². The molecule has 110 valence electrons. The molecule has 0 amide bonds. The van der Waals surface area contributed by atoms with E-state index in [1.54, 1.807) is 12.4 Å². The van der Waals surface area contributed by atoms with Crippen molar-refractivity contribution >= 4 is 11.5 Å². The Morgan fingerprint density at radius 1 is 1.29 bits per heavy atom. The average molecular weight is 284 g/mol. The normalized spacial score (nSPS) is 11.4. The monoisotopic (exact) mass is 284 g/mol. The molecule has 0 aliphatic rings. The van der Waals surface area contributed by atoms with Gasteiger partial charge in [-0.1, -0.05) is 17.3 Å². The van der Waals surface area contributed by atoms with Crippen molar-refractivity contribution in [1.82, 2.24) is 4.98 Å². The molecule has 3 N–H and O–H groups in total. The van der Waals surface area contributed by atoms with Crippen LogP contribution in [0.25, 0.3) is 0 Å². The summed E-state index contributed by atoms with van der Waals surface area (Å²) in [5.41, 5.74) is 9.81. The summed E-state index contributed by atoms with van der Waals surface area (Å²) in [7, 11) is 0. The first-order valence-electron chi connectivity index (χ1n) is 6.88. The van der Waals surface area contributed by atoms with E-state index >= 15 is 0 Å². The summed E-state index contributed by atoms with van der Waals surface area (Å²) in [5, 5.41) is 12.1. The van der Waals surface area contributed by atoms with Gasteiger partial charge in [-0.25, -0.2) is 0 Å². The number of rotatable bonds is 5. The quantitative estimate of drug-likeness (QED) is 0.383. The van der Waals surface area contributed by atoms with E-state index in [2.05, 4.69) is 22.0 Å². The summed E-state index contributed by atoms with van der Waals surface area (Å²) in [6.07, 6.45) is 3.57. The first kappa shape index (κ1) is 14.8. The third kappa shape index (κ3) is 3.31. The molecule has 1 heterocycles. The lowest BCUT2D eigenvalue weighted by atomic mass is 10.0. The number of aromatic nitrogens is 1. The Labute approximate surface area is 124 Å². The summed E-state index contributed by atoms with van der Waals surface area (Å²) >= 11 is 0. The smallest absolute Gasteiger partial charge is 0.172 e. The van der Waals surface area contributed by atoms with E-state index in [-0.39, 0.29) is 5.84 Å². The molecule has 1 aromatic heterocycles. The van der Waals surface area contributed by atoms with Crippen LogP contribution >= 0.6 is 0 Å². The summed E-state index contributed by atoms with van der Waals surface area (Å²) in [4.78, 5) is 6.24. The first-order chi connectivity index (χ1) is 10.2. The van der Waals surface area contributed by atoms with Gasteiger partial charge >= 0.3 is 0 Å². The van der Waals surface area contributed by atoms with E-state index in [0.717, 1.165) is 29.9 Å². The third-order valence-corrected chi connectivity index (χ3v) is 3.44. The fourth-order valence-corrected chi connectivity index (χ4v) is 2.40. The van der Waals surface area contributed by atoms with Crippen LogP contribution in [-0.2, 0) is 6.54 Å². The summed E-state index contributed by atoms with van der Waals surface area (Å²) in [5.74, 6) is 0.127. The molecule has 0 bridgehead atoms. The van der Waals surface area contributed by atoms with Gasteiger partial charge in [0.25, 0.3) is 0 Å². The van der Waals surface area contributed by atoms with Crippen molar-refractivity contribution in [3.63, 3.8) is 0 Å². The van der Waals surface area contributed by atoms with E-state index in [4.69, 9.17) is 10.9 Å². The molecule has 0 radical (unpaired) electrons. The van der Waals surface area contributed by atoms with Crippen LogP contribution in [0.3, 0.4) is 0 Å². The second kappa shape index (κ2) is 6.74. The molecule has 0 spiro atoms. The van der Waals surface area contributed by atoms with Crippen molar-refractivity contribution in [2.24, 2.45) is 10.9 Å². The van der Waals surface area contributed by atoms with Gasteiger partial charge in [0.05, 0.1) is 5.69 Å². The van der Waals surface area contributed by atoms with Crippen molar-refractivity contribution in [2.45, 2.75) is 20.4 Å². The van der Waals surface area contributed by atoms with Crippen LogP contribution in [0, 0.1) is 6.92 Å². The third-order valence-electron chi connectivity index (χ3n) is 3.44. The molecule has 0 saturated heterocycles. The lowest BCUT2D eigenvalue weighted by Crippen LogP contribution is -2.27. The number of hydrogen-bond donors (Lipinski definition) is 2. The Kier molecular flexibility index (Phi) is 4.77. The van der Waals surface area contributed by atoms with Crippen molar-refractivity contribution in [3.05, 3.63) is 59.4 Å². The van der Waals surface area contributed by atoms with Crippen LogP contribution in [-0.4, -0.2) is 22.6 Å². The molecule has 0 atom stereocenters. The van der Waals surface area contributed by atoms with Gasteiger partial charge in [0.15, 0.2) is 5.84 Å². The highest BCUT2D eigenvalue weighted by molar-refractivity contribution is 6.02. The number of amidine groups is 1. The molecule has 2 aromatic rings. The van der Waals surface area contributed by atoms with Gasteiger partial charge in [0.1, 0.15) is 0 Å². The zero-order chi connectivity index (χ0) is 15.2. The predicted molar refractivity (Wildman–Crippen MR) is 84.7 cm³/mol. The molecule has 5 nitrogen and oxygen atoms in total. The maximum Gasteiger partial charge on any atom is 0.172 e. The molecular weight excluding hydrogens is 264 g/mol. The number of benzene rings is 1. The van der Waals surface area contributed by atoms with E-state index in [1.165, 1.54) is 5.56 Å². The van der Waals surface area contributed by atoms with E-state index < -0.39 is 0 Å². The van der Waals surface area contributed by atoms with Gasteiger partial charge in [0.2, 0.25) is 0 Å². The second-order valence-electron chi connectivity index (χ2n) is 4.83. The van der Waals surface area contributed by atoms with Crippen molar-refractivity contribution in [2.75, 3.05) is 11.4 Å². The zero-order valence-corrected chi connectivity index (χ0v) is 12.3. The summed E-state index contributed by atoms with van der Waals surface area (Å²) < 4.78 is 0. The van der Waals surface area contributed by atoms with E-state index in [9.17, 15) is 0 Å². The van der Waals surface area contributed by atoms with Gasteiger partial charge in [-0.3, -0.25) is 4.98 Å². The standard InChI is InChI=1S/C16H20N4O/c1-3-20(11-13-7-9-18-10-8-13)15-12(2)5-4-6-14(15)16(17)19-21/h4-10,21H,3,11H2,1-2H3,(H2,17,19). The zero-order valence-electron chi connectivity index (χ0n) is 12.3. The summed E-state index contributed by atoms with van der Waals surface area (Å²) in [6, 6.07) is 9.78. The minimum absolute atomic E-state index is 0.127. The van der Waals surface area contributed by atoms with Crippen LogP contribution in [0.5, 0.6) is 0 Å². The van der Waals surface area contributed by atoms with Gasteiger partial charge in [-0.2, -0.15) is 0 Å². The highest BCUT2D eigenvalue weighted by atomic mass is 16.4. The van der Waals surface area contributed by atoms with Crippen LogP contribution in [0.2, 0.25) is 0 Å². The number of hydrogen-bond acceptors (Lipinski definition) is 4. The molecule has 0 aliphatic heterocycles. The molecule has 0 aliphatic carbocycles. The Balaban J connectivity index is 2.42. The van der Waals surface area contributed by atoms with Crippen LogP contribution in [0.1, 0.15) is 23.6 Å². The lowest BCUT2D eigenvalue weighted by Gasteiger charge is -2.27. The Morgan fingerprint density at radius 2 is 2.00 bits per heavy atom. The first-order valence-corrected chi connectivity index (χ1v) is 6.88. The number of nitrogens with two attached hydrogens (primary N) is 1. The minimum atomic E-state index is 0.127. The lowest BCUT2D eigenvalue weighted by molar-refractivity contribution is 0.318. The van der Waals surface area contributed by atoms with E-state index in [0.29, 0.717) is 0 Å². The van der Waals surface area contributed by atoms with Crippen LogP contribution < -0.4 is 10.6 Å². The molecule has 5 heteroatoms. The molecule has 21 heavy (non-hydrogen) atoms. The number of pyridine rings is 1. The average Bonchev–Trinajstić information content (AvgIpc) is 2.53. The molecule has 0 saturated carbocycles. The van der Waals surface area contributed by atoms with Crippen molar-refractivity contribution in [1.29, 1.82) is 0 Å². The number of nitrogens with zero attached hydrogens (tertiary/aromatic N) is 3. The van der Waals surface area contributed by atoms with Crippen LogP contribution in [0.15, 0.2) is 47.9 Å². The Morgan fingerprint density at radius 3 is 2.62 bits per heavy atom. The molecule has 1 aromatic carbocycles. The largest absolute Gasteiger partial charge is 0.409 e. The Hall–Kier alpha value is -2.56. The maximum atomic E-state index is 8.98. The molecule has 0 fully saturated rings. The number of para-hydroxylation sites is 1. The van der Waals surface area contributed by atoms with E-state index in [1.807, 2.05) is 37.3 Å². The fraction of sp³-hybridized carbons (Fsp3) is 0.250. The highest BCUT2D eigenvalue weighted by Gasteiger charge is 2.15. The van der Waals surface area contributed by atoms with Crippen molar-refractivity contribution < 1.29 is 5.21 Å². The summed E-state index contributed by atoms with van der Waals surface area (Å²) in [6.45, 7) is 5.68. The highest BCUT2D eigenvalue weighted by Crippen LogP contribution is 2.26. The molecule has 2 rings (SSSR count). The van der Waals surface area contributed by atoms with Crippen molar-refractivity contribution in [3.8, 4) is 0 Å². The second-order valence-corrected chi connectivity index (χ2v) is 4.83. The molecular formula is C16H20N4O. The number of aryl methyl sites for hydroxylation is 1. The Bertz CT molecular complexity index is 625. The topological polar surface area (TPSA) is 74.7 Å². The SMILES string of the molecule is CCN(Cc1ccncc1)c1c(C)cccc1/C(N)=N/O. The molecule has 0 unspecified atom stereocenters. The maximum absolute atomic E-state index is 8.98.